The molecule has 0 atom stereocenters. The van der Waals surface area contributed by atoms with E-state index in [1.54, 1.807) is 0 Å². The van der Waals surface area contributed by atoms with Crippen molar-refractivity contribution < 1.29 is 0 Å². The lowest BCUT2D eigenvalue weighted by atomic mass is 9.94. The number of aryl methyl sites for hydroxylation is 1. The van der Waals surface area contributed by atoms with Crippen LogP contribution in [0.25, 0.3) is 92.6 Å². The summed E-state index contributed by atoms with van der Waals surface area (Å²) in [7, 11) is 0. The monoisotopic (exact) mass is 668 g/mol. The predicted octanol–water partition coefficient (Wildman–Crippen LogP) is 13.4. The highest BCUT2D eigenvalue weighted by Crippen LogP contribution is 2.47. The van der Waals surface area contributed by atoms with Crippen LogP contribution in [0.15, 0.2) is 164 Å². The maximum atomic E-state index is 2.52. The molecule has 3 aromatic heterocycles. The van der Waals surface area contributed by atoms with Crippen molar-refractivity contribution in [1.82, 2.24) is 9.13 Å². The Morgan fingerprint density at radius 2 is 1.14 bits per heavy atom. The number of para-hydroxylation sites is 3. The fraction of sp³-hybridized carbons (Fsp3) is 0.0417. The van der Waals surface area contributed by atoms with Gasteiger partial charge in [0.25, 0.3) is 0 Å². The minimum absolute atomic E-state index is 1.01. The number of nitrogens with zero attached hydrogens (tertiary/aromatic N) is 2. The van der Waals surface area contributed by atoms with E-state index in [-0.39, 0.29) is 0 Å². The van der Waals surface area contributed by atoms with Crippen molar-refractivity contribution in [3.8, 4) is 33.6 Å². The molecule has 0 radical (unpaired) electrons. The highest BCUT2D eigenvalue weighted by molar-refractivity contribution is 7.26. The Kier molecular flexibility index (Phi) is 6.28. The van der Waals surface area contributed by atoms with Crippen LogP contribution >= 0.6 is 11.3 Å². The van der Waals surface area contributed by atoms with Crippen LogP contribution in [0.2, 0.25) is 0 Å². The van der Waals surface area contributed by atoms with Gasteiger partial charge in [-0.1, -0.05) is 121 Å². The summed E-state index contributed by atoms with van der Waals surface area (Å²) >= 11 is 1.89. The fourth-order valence-corrected chi connectivity index (χ4v) is 9.82. The zero-order valence-electron chi connectivity index (χ0n) is 27.9. The fourth-order valence-electron chi connectivity index (χ4n) is 8.58. The molecule has 0 spiro atoms. The van der Waals surface area contributed by atoms with Crippen molar-refractivity contribution in [2.75, 3.05) is 0 Å². The quantitative estimate of drug-likeness (QED) is 0.177. The first-order chi connectivity index (χ1) is 25.3. The number of hydrogen-bond donors (Lipinski definition) is 0. The summed E-state index contributed by atoms with van der Waals surface area (Å²) in [4.78, 5) is 0. The minimum atomic E-state index is 1.01. The average Bonchev–Trinajstić information content (AvgIpc) is 3.86. The molecule has 1 aliphatic carbocycles. The Morgan fingerprint density at radius 3 is 1.92 bits per heavy atom. The highest BCUT2D eigenvalue weighted by Gasteiger charge is 2.27. The molecule has 0 amide bonds. The molecule has 0 aliphatic heterocycles. The van der Waals surface area contributed by atoms with E-state index in [4.69, 9.17) is 0 Å². The number of fused-ring (bicyclic) bond motifs is 10. The maximum Gasteiger partial charge on any atom is 0.0638 e. The van der Waals surface area contributed by atoms with E-state index in [0.717, 1.165) is 12.8 Å². The maximum absolute atomic E-state index is 2.52. The van der Waals surface area contributed by atoms with E-state index < -0.39 is 0 Å². The van der Waals surface area contributed by atoms with Crippen LogP contribution in [-0.4, -0.2) is 9.13 Å². The third-order valence-electron chi connectivity index (χ3n) is 10.8. The van der Waals surface area contributed by atoms with Gasteiger partial charge < -0.3 is 9.13 Å². The summed E-state index contributed by atoms with van der Waals surface area (Å²) in [5.74, 6) is 0. The molecule has 0 bridgehead atoms. The lowest BCUT2D eigenvalue weighted by molar-refractivity contribution is 0.967. The molecule has 0 saturated heterocycles. The van der Waals surface area contributed by atoms with Crippen LogP contribution in [-0.2, 0) is 6.42 Å². The van der Waals surface area contributed by atoms with Crippen molar-refractivity contribution in [2.45, 2.75) is 12.8 Å². The van der Waals surface area contributed by atoms with E-state index in [1.165, 1.54) is 97.8 Å². The summed E-state index contributed by atoms with van der Waals surface area (Å²) < 4.78 is 7.70. The van der Waals surface area contributed by atoms with Gasteiger partial charge in [-0.25, -0.2) is 0 Å². The van der Waals surface area contributed by atoms with Crippen LogP contribution in [0.4, 0.5) is 0 Å². The van der Waals surface area contributed by atoms with Gasteiger partial charge >= 0.3 is 0 Å². The van der Waals surface area contributed by atoms with Crippen molar-refractivity contribution in [3.05, 3.63) is 175 Å². The summed E-state index contributed by atoms with van der Waals surface area (Å²) in [5.41, 5.74) is 13.9. The first-order valence-corrected chi connectivity index (χ1v) is 18.6. The number of aromatic nitrogens is 2. The van der Waals surface area contributed by atoms with Gasteiger partial charge in [-0.2, -0.15) is 0 Å². The molecule has 3 heteroatoms. The second-order valence-electron chi connectivity index (χ2n) is 13.6. The third kappa shape index (κ3) is 4.22. The Balaban J connectivity index is 1.23. The SMILES string of the molecule is C1=Cc2c(c3c(c(-c4ccc(-c5cccc6c5sc5ccccc56)cc4)cc4c5ccccc5n(-c5ccccc5)c43)n2-c2ccccc2)CC1. The van der Waals surface area contributed by atoms with Crippen LogP contribution in [0.1, 0.15) is 17.7 Å². The molecular formula is C48H32N2S. The first-order valence-electron chi connectivity index (χ1n) is 17.8. The van der Waals surface area contributed by atoms with Crippen LogP contribution < -0.4 is 0 Å². The van der Waals surface area contributed by atoms with Gasteiger partial charge in [-0.15, -0.1) is 11.3 Å². The zero-order valence-corrected chi connectivity index (χ0v) is 28.7. The van der Waals surface area contributed by atoms with Gasteiger partial charge in [-0.3, -0.25) is 0 Å². The average molecular weight is 669 g/mol. The van der Waals surface area contributed by atoms with Crippen molar-refractivity contribution >= 4 is 70.3 Å². The highest BCUT2D eigenvalue weighted by atomic mass is 32.1. The minimum Gasteiger partial charge on any atom is -0.309 e. The second kappa shape index (κ2) is 11.2. The smallest absolute Gasteiger partial charge is 0.0638 e. The Labute approximate surface area is 299 Å². The summed E-state index contributed by atoms with van der Waals surface area (Å²) in [6.07, 6.45) is 6.74. The molecule has 10 aromatic rings. The van der Waals surface area contributed by atoms with E-state index in [1.807, 2.05) is 11.3 Å². The Bertz CT molecular complexity index is 2990. The molecule has 240 valence electrons. The molecule has 1 aliphatic rings. The standard InChI is InChI=1S/C48H32N2S/c1-3-14-33(15-4-1)49-42-23-10-7-18-36(42)41-30-40(46-45(47(41)49)39-20-8-11-24-43(39)50(46)34-16-5-2-6-17-34)32-28-26-31(27-29-32)35-21-13-22-38-37-19-9-12-25-44(37)51-48(35)38/h1-7,9-19,21-30H,8,20H2. The van der Waals surface area contributed by atoms with Crippen molar-refractivity contribution in [1.29, 1.82) is 0 Å². The largest absolute Gasteiger partial charge is 0.309 e. The van der Waals surface area contributed by atoms with Gasteiger partial charge in [0.2, 0.25) is 0 Å². The van der Waals surface area contributed by atoms with E-state index in [2.05, 4.69) is 179 Å². The molecule has 0 unspecified atom stereocenters. The van der Waals surface area contributed by atoms with Gasteiger partial charge in [0.05, 0.1) is 16.6 Å². The zero-order chi connectivity index (χ0) is 33.5. The molecule has 2 nitrogen and oxygen atoms in total. The number of allylic oxidation sites excluding steroid dienone is 1. The Morgan fingerprint density at radius 1 is 0.490 bits per heavy atom. The lowest BCUT2D eigenvalue weighted by Gasteiger charge is -2.15. The van der Waals surface area contributed by atoms with Gasteiger partial charge in [0.1, 0.15) is 0 Å². The molecule has 0 N–H and O–H groups in total. The second-order valence-corrected chi connectivity index (χ2v) is 14.6. The number of hydrogen-bond acceptors (Lipinski definition) is 1. The number of rotatable bonds is 4. The number of benzene rings is 7. The van der Waals surface area contributed by atoms with Gasteiger partial charge in [0.15, 0.2) is 0 Å². The third-order valence-corrected chi connectivity index (χ3v) is 12.0. The predicted molar refractivity (Wildman–Crippen MR) is 219 cm³/mol. The van der Waals surface area contributed by atoms with E-state index >= 15 is 0 Å². The normalized spacial score (nSPS) is 12.9. The number of thiophene rings is 1. The summed E-state index contributed by atoms with van der Waals surface area (Å²) in [6, 6.07) is 58.0. The van der Waals surface area contributed by atoms with E-state index in [9.17, 15) is 0 Å². The van der Waals surface area contributed by atoms with Gasteiger partial charge in [0, 0.05) is 59.0 Å². The van der Waals surface area contributed by atoms with Crippen LogP contribution in [0, 0.1) is 0 Å². The van der Waals surface area contributed by atoms with Crippen molar-refractivity contribution in [2.24, 2.45) is 0 Å². The lowest BCUT2D eigenvalue weighted by Crippen LogP contribution is -2.00. The summed E-state index contributed by atoms with van der Waals surface area (Å²) in [6.45, 7) is 0. The molecule has 3 heterocycles. The summed E-state index contributed by atoms with van der Waals surface area (Å²) in [5, 5.41) is 6.59. The molecule has 51 heavy (non-hydrogen) atoms. The molecule has 0 saturated carbocycles. The molecule has 11 rings (SSSR count). The van der Waals surface area contributed by atoms with Crippen molar-refractivity contribution in [3.63, 3.8) is 0 Å². The van der Waals surface area contributed by atoms with Crippen LogP contribution in [0.5, 0.6) is 0 Å². The Hall–Kier alpha value is -6.16. The molecule has 0 fully saturated rings. The first kappa shape index (κ1) is 28.7. The van der Waals surface area contributed by atoms with Crippen LogP contribution in [0.3, 0.4) is 0 Å². The van der Waals surface area contributed by atoms with Gasteiger partial charge in [-0.05, 0) is 83.6 Å². The van der Waals surface area contributed by atoms with E-state index in [0.29, 0.717) is 0 Å². The molecule has 7 aromatic carbocycles. The topological polar surface area (TPSA) is 9.86 Å². The molecular weight excluding hydrogens is 637 g/mol.